The van der Waals surface area contributed by atoms with Crippen LogP contribution in [0.15, 0.2) is 57.0 Å². The second-order valence-electron chi connectivity index (χ2n) is 5.83. The van der Waals surface area contributed by atoms with Crippen LogP contribution in [0.5, 0.6) is 0 Å². The molecule has 1 aromatic carbocycles. The van der Waals surface area contributed by atoms with Gasteiger partial charge in [-0.2, -0.15) is 0 Å². The van der Waals surface area contributed by atoms with E-state index < -0.39 is 0 Å². The van der Waals surface area contributed by atoms with E-state index in [4.69, 9.17) is 4.42 Å². The molecule has 1 amide bonds. The lowest BCUT2D eigenvalue weighted by Gasteiger charge is -2.15. The van der Waals surface area contributed by atoms with Crippen LogP contribution >= 0.6 is 11.8 Å². The summed E-state index contributed by atoms with van der Waals surface area (Å²) in [5.74, 6) is 0.735. The second-order valence-corrected chi connectivity index (χ2v) is 6.77. The zero-order valence-corrected chi connectivity index (χ0v) is 14.9. The van der Waals surface area contributed by atoms with Crippen LogP contribution in [0.2, 0.25) is 0 Å². The number of carbonyl (C=O) groups excluding carboxylic acids is 1. The largest absolute Gasteiger partial charge is 0.467 e. The fourth-order valence-corrected chi connectivity index (χ4v) is 3.42. The fraction of sp³-hybridized carbons (Fsp3) is 0.278. The summed E-state index contributed by atoms with van der Waals surface area (Å²) in [6.45, 7) is 4.20. The molecule has 0 atom stereocenters. The maximum absolute atomic E-state index is 12.7. The Morgan fingerprint density at radius 1 is 1.28 bits per heavy atom. The summed E-state index contributed by atoms with van der Waals surface area (Å²) in [6.07, 6.45) is 1.57. The Labute approximate surface area is 149 Å². The average Bonchev–Trinajstić information content (AvgIpc) is 3.11. The van der Waals surface area contributed by atoms with E-state index in [0.717, 1.165) is 0 Å². The number of hydrogen-bond acceptors (Lipinski definition) is 5. The van der Waals surface area contributed by atoms with Crippen molar-refractivity contribution in [3.05, 3.63) is 58.8 Å². The third kappa shape index (κ3) is 3.93. The van der Waals surface area contributed by atoms with E-state index in [0.29, 0.717) is 28.4 Å². The highest BCUT2D eigenvalue weighted by Gasteiger charge is 2.15. The minimum atomic E-state index is -0.140. The molecule has 3 aromatic rings. The maximum atomic E-state index is 12.7. The number of hydrogen-bond donors (Lipinski definition) is 1. The molecule has 6 nitrogen and oxygen atoms in total. The summed E-state index contributed by atoms with van der Waals surface area (Å²) >= 11 is 1.26. The molecule has 0 fully saturated rings. The van der Waals surface area contributed by atoms with Crippen LogP contribution < -0.4 is 10.9 Å². The smallest absolute Gasteiger partial charge is 0.262 e. The van der Waals surface area contributed by atoms with Crippen LogP contribution in [0.4, 0.5) is 0 Å². The van der Waals surface area contributed by atoms with E-state index in [1.165, 1.54) is 11.8 Å². The topological polar surface area (TPSA) is 77.1 Å². The van der Waals surface area contributed by atoms with Gasteiger partial charge in [0.2, 0.25) is 5.91 Å². The van der Waals surface area contributed by atoms with E-state index in [-0.39, 0.29) is 23.3 Å². The number of benzene rings is 1. The Hall–Kier alpha value is -2.54. The number of para-hydroxylation sites is 1. The highest BCUT2D eigenvalue weighted by Crippen LogP contribution is 2.20. The van der Waals surface area contributed by atoms with Crippen LogP contribution in [0.1, 0.15) is 25.6 Å². The molecule has 2 heterocycles. The van der Waals surface area contributed by atoms with Gasteiger partial charge in [0.15, 0.2) is 5.16 Å². The van der Waals surface area contributed by atoms with Crippen LogP contribution in [-0.4, -0.2) is 21.2 Å². The normalized spacial score (nSPS) is 11.2. The van der Waals surface area contributed by atoms with Gasteiger partial charge in [0.1, 0.15) is 5.76 Å². The van der Waals surface area contributed by atoms with Gasteiger partial charge < -0.3 is 9.73 Å². The highest BCUT2D eigenvalue weighted by molar-refractivity contribution is 7.99. The van der Waals surface area contributed by atoms with Gasteiger partial charge in [0.25, 0.3) is 5.56 Å². The monoisotopic (exact) mass is 357 g/mol. The molecule has 0 saturated carbocycles. The lowest BCUT2D eigenvalue weighted by atomic mass is 10.2. The molecule has 0 spiro atoms. The molecule has 2 aromatic heterocycles. The number of thioether (sulfide) groups is 1. The fourth-order valence-electron chi connectivity index (χ4n) is 2.46. The van der Waals surface area contributed by atoms with E-state index in [1.807, 2.05) is 32.0 Å². The molecule has 0 aliphatic carbocycles. The first-order chi connectivity index (χ1) is 12.1. The number of rotatable bonds is 6. The van der Waals surface area contributed by atoms with E-state index in [2.05, 4.69) is 10.3 Å². The average molecular weight is 357 g/mol. The van der Waals surface area contributed by atoms with Gasteiger partial charge in [-0.15, -0.1) is 0 Å². The van der Waals surface area contributed by atoms with Crippen molar-refractivity contribution < 1.29 is 9.21 Å². The number of carbonyl (C=O) groups is 1. The summed E-state index contributed by atoms with van der Waals surface area (Å²) in [5, 5.41) is 3.92. The lowest BCUT2D eigenvalue weighted by Crippen LogP contribution is -2.27. The zero-order valence-electron chi connectivity index (χ0n) is 14.1. The minimum Gasteiger partial charge on any atom is -0.467 e. The molecule has 0 saturated heterocycles. The summed E-state index contributed by atoms with van der Waals surface area (Å²) in [6, 6.07) is 10.8. The zero-order chi connectivity index (χ0) is 17.8. The predicted octanol–water partition coefficient (Wildman–Crippen LogP) is 2.98. The Kier molecular flexibility index (Phi) is 5.23. The van der Waals surface area contributed by atoms with Crippen molar-refractivity contribution in [1.29, 1.82) is 0 Å². The van der Waals surface area contributed by atoms with Gasteiger partial charge in [0, 0.05) is 6.04 Å². The first-order valence-corrected chi connectivity index (χ1v) is 8.98. The van der Waals surface area contributed by atoms with Crippen LogP contribution in [0.25, 0.3) is 10.9 Å². The molecule has 0 radical (unpaired) electrons. The van der Waals surface area contributed by atoms with Gasteiger partial charge in [0.05, 0.1) is 29.5 Å². The molecule has 0 unspecified atom stereocenters. The standard InChI is InChI=1S/C18H19N3O3S/c1-12(2)21-17(23)14-7-3-4-8-15(14)20-18(21)25-11-16(22)19-10-13-6-5-9-24-13/h3-9,12H,10-11H2,1-2H3,(H,19,22). The predicted molar refractivity (Wildman–Crippen MR) is 97.7 cm³/mol. The molecular formula is C18H19N3O3S. The number of nitrogens with one attached hydrogen (secondary N) is 1. The molecule has 1 N–H and O–H groups in total. The van der Waals surface area contributed by atoms with Crippen LogP contribution in [0.3, 0.4) is 0 Å². The minimum absolute atomic E-state index is 0.0433. The van der Waals surface area contributed by atoms with Gasteiger partial charge >= 0.3 is 0 Å². The van der Waals surface area contributed by atoms with Crippen molar-refractivity contribution in [1.82, 2.24) is 14.9 Å². The molecule has 7 heteroatoms. The molecule has 0 aliphatic heterocycles. The molecule has 0 bridgehead atoms. The Morgan fingerprint density at radius 2 is 2.08 bits per heavy atom. The van der Waals surface area contributed by atoms with Gasteiger partial charge in [-0.05, 0) is 38.1 Å². The Bertz CT molecular complexity index is 932. The molecule has 3 rings (SSSR count). The highest BCUT2D eigenvalue weighted by atomic mass is 32.2. The summed E-state index contributed by atoms with van der Waals surface area (Å²) in [4.78, 5) is 29.3. The Morgan fingerprint density at radius 3 is 2.80 bits per heavy atom. The summed E-state index contributed by atoms with van der Waals surface area (Å²) in [7, 11) is 0. The molecule has 130 valence electrons. The first kappa shape index (κ1) is 17.3. The SMILES string of the molecule is CC(C)n1c(SCC(=O)NCc2ccco2)nc2ccccc2c1=O. The number of nitrogens with zero attached hydrogens (tertiary/aromatic N) is 2. The van der Waals surface area contributed by atoms with E-state index in [9.17, 15) is 9.59 Å². The van der Waals surface area contributed by atoms with Crippen molar-refractivity contribution in [3.8, 4) is 0 Å². The Balaban J connectivity index is 1.77. The third-order valence-corrected chi connectivity index (χ3v) is 4.62. The molecule has 25 heavy (non-hydrogen) atoms. The van der Waals surface area contributed by atoms with Gasteiger partial charge in [-0.3, -0.25) is 14.2 Å². The maximum Gasteiger partial charge on any atom is 0.262 e. The number of fused-ring (bicyclic) bond motifs is 1. The summed E-state index contributed by atoms with van der Waals surface area (Å²) < 4.78 is 6.81. The van der Waals surface area contributed by atoms with Gasteiger partial charge in [-0.1, -0.05) is 23.9 Å². The van der Waals surface area contributed by atoms with Crippen LogP contribution in [0, 0.1) is 0 Å². The number of aromatic nitrogens is 2. The number of amides is 1. The van der Waals surface area contributed by atoms with Crippen LogP contribution in [-0.2, 0) is 11.3 Å². The first-order valence-electron chi connectivity index (χ1n) is 7.99. The molecular weight excluding hydrogens is 338 g/mol. The van der Waals surface area contributed by atoms with Crippen molar-refractivity contribution in [3.63, 3.8) is 0 Å². The third-order valence-electron chi connectivity index (χ3n) is 3.66. The summed E-state index contributed by atoms with van der Waals surface area (Å²) in [5.41, 5.74) is 0.557. The van der Waals surface area contributed by atoms with Crippen molar-refractivity contribution in [2.45, 2.75) is 31.6 Å². The lowest BCUT2D eigenvalue weighted by molar-refractivity contribution is -0.118. The van der Waals surface area contributed by atoms with Crippen molar-refractivity contribution >= 4 is 28.6 Å². The van der Waals surface area contributed by atoms with Crippen molar-refractivity contribution in [2.24, 2.45) is 0 Å². The number of furan rings is 1. The second kappa shape index (κ2) is 7.57. The molecule has 0 aliphatic rings. The van der Waals surface area contributed by atoms with Crippen molar-refractivity contribution in [2.75, 3.05) is 5.75 Å². The van der Waals surface area contributed by atoms with E-state index in [1.54, 1.807) is 29.0 Å². The quantitative estimate of drug-likeness (QED) is 0.542. The van der Waals surface area contributed by atoms with Gasteiger partial charge in [-0.25, -0.2) is 4.98 Å². The van der Waals surface area contributed by atoms with E-state index >= 15 is 0 Å².